The Balaban J connectivity index is 1.20. The van der Waals surface area contributed by atoms with Crippen LogP contribution in [0.1, 0.15) is 29.8 Å². The number of nitrogen functional groups attached to an aromatic ring is 1. The Bertz CT molecular complexity index is 1810. The molecule has 1 aliphatic rings. The van der Waals surface area contributed by atoms with E-state index in [2.05, 4.69) is 25.8 Å². The van der Waals surface area contributed by atoms with E-state index in [1.54, 1.807) is 13.3 Å². The summed E-state index contributed by atoms with van der Waals surface area (Å²) in [6, 6.07) is 15.1. The first-order valence-electron chi connectivity index (χ1n) is 14.4. The molecule has 1 fully saturated rings. The lowest BCUT2D eigenvalue weighted by molar-refractivity contribution is 0.101. The number of nitrogens with two attached hydrogens (primary N) is 1. The van der Waals surface area contributed by atoms with E-state index < -0.39 is 0 Å². The molecule has 0 aliphatic carbocycles. The van der Waals surface area contributed by atoms with Crippen molar-refractivity contribution in [2.45, 2.75) is 19.3 Å². The fraction of sp³-hybridized carbons (Fsp3) is 0.281. The van der Waals surface area contributed by atoms with Crippen LogP contribution in [0.3, 0.4) is 0 Å². The van der Waals surface area contributed by atoms with Crippen molar-refractivity contribution in [1.29, 1.82) is 0 Å². The van der Waals surface area contributed by atoms with Crippen molar-refractivity contribution >= 4 is 61.5 Å². The van der Waals surface area contributed by atoms with Crippen LogP contribution in [0.2, 0.25) is 0 Å². The molecule has 11 heteroatoms. The summed E-state index contributed by atoms with van der Waals surface area (Å²) in [5, 5.41) is 12.6. The number of methoxy groups -OCH3 is 1. The number of rotatable bonds is 8. The number of ether oxygens (including phenoxy) is 1. The van der Waals surface area contributed by atoms with Gasteiger partial charge in [0.1, 0.15) is 17.3 Å². The Morgan fingerprint density at radius 2 is 1.86 bits per heavy atom. The third-order valence-corrected chi connectivity index (χ3v) is 8.99. The molecule has 6 rings (SSSR count). The predicted molar refractivity (Wildman–Crippen MR) is 174 cm³/mol. The Kier molecular flexibility index (Phi) is 8.17. The normalized spacial score (nSPS) is 13.7. The molecule has 0 atom stereocenters. The highest BCUT2D eigenvalue weighted by Gasteiger charge is 2.19. The number of carbonyl (C=O) groups excluding carboxylic acids is 2. The topological polar surface area (TPSA) is 127 Å². The highest BCUT2D eigenvalue weighted by atomic mass is 32.1. The summed E-state index contributed by atoms with van der Waals surface area (Å²) in [7, 11) is 3.44. The van der Waals surface area contributed by atoms with Crippen molar-refractivity contribution in [2.24, 2.45) is 7.05 Å². The maximum absolute atomic E-state index is 13.2. The molecule has 0 spiro atoms. The first kappa shape index (κ1) is 28.5. The molecule has 0 bridgehead atoms. The fourth-order valence-corrected chi connectivity index (χ4v) is 6.75. The second-order valence-electron chi connectivity index (χ2n) is 10.7. The molecule has 3 aromatic heterocycles. The number of thiophene rings is 1. The Morgan fingerprint density at radius 1 is 1.05 bits per heavy atom. The van der Waals surface area contributed by atoms with Gasteiger partial charge in [0.25, 0.3) is 5.91 Å². The third-order valence-electron chi connectivity index (χ3n) is 7.98. The number of nitrogens with one attached hydrogen (secondary N) is 3. The van der Waals surface area contributed by atoms with Gasteiger partial charge >= 0.3 is 6.03 Å². The number of hydrogen-bond donors (Lipinski definition) is 4. The summed E-state index contributed by atoms with van der Waals surface area (Å²) < 4.78 is 8.38. The number of para-hydroxylation sites is 1. The SMILES string of the molecule is COc1cc(-c2csc3c(NC(=O)NCCN4CCCCC4)cnc(N)c23)ccc1NC(=O)c1cc2ccccc2n1C. The van der Waals surface area contributed by atoms with Crippen LogP contribution in [-0.2, 0) is 7.05 Å². The molecular formula is C32H35N7O3S. The summed E-state index contributed by atoms with van der Waals surface area (Å²) in [4.78, 5) is 32.7. The largest absolute Gasteiger partial charge is 0.495 e. The number of urea groups is 1. The number of piperidine rings is 1. The van der Waals surface area contributed by atoms with Crippen molar-refractivity contribution < 1.29 is 14.3 Å². The van der Waals surface area contributed by atoms with Gasteiger partial charge in [-0.15, -0.1) is 11.3 Å². The fourth-order valence-electron chi connectivity index (χ4n) is 5.70. The van der Waals surface area contributed by atoms with Gasteiger partial charge < -0.3 is 35.9 Å². The molecule has 5 N–H and O–H groups in total. The van der Waals surface area contributed by atoms with Gasteiger partial charge in [-0.2, -0.15) is 0 Å². The molecule has 0 saturated carbocycles. The maximum Gasteiger partial charge on any atom is 0.319 e. The number of aromatic nitrogens is 2. The van der Waals surface area contributed by atoms with E-state index in [1.807, 2.05) is 65.5 Å². The number of pyridine rings is 1. The van der Waals surface area contributed by atoms with E-state index in [-0.39, 0.29) is 11.9 Å². The molecule has 1 aliphatic heterocycles. The van der Waals surface area contributed by atoms with Crippen molar-refractivity contribution in [2.75, 3.05) is 49.7 Å². The number of hydrogen-bond acceptors (Lipinski definition) is 7. The maximum atomic E-state index is 13.2. The van der Waals surface area contributed by atoms with Gasteiger partial charge in [0, 0.05) is 47.4 Å². The van der Waals surface area contributed by atoms with Crippen LogP contribution in [0.5, 0.6) is 5.75 Å². The molecule has 222 valence electrons. The minimum Gasteiger partial charge on any atom is -0.495 e. The smallest absolute Gasteiger partial charge is 0.319 e. The molecule has 3 amide bonds. The molecule has 5 aromatic rings. The van der Waals surface area contributed by atoms with Crippen LogP contribution in [0.25, 0.3) is 32.1 Å². The van der Waals surface area contributed by atoms with Crippen molar-refractivity contribution in [1.82, 2.24) is 19.8 Å². The van der Waals surface area contributed by atoms with Gasteiger partial charge in [-0.25, -0.2) is 9.78 Å². The van der Waals surface area contributed by atoms with Crippen LogP contribution < -0.4 is 26.4 Å². The van der Waals surface area contributed by atoms with Crippen LogP contribution in [-0.4, -0.2) is 59.7 Å². The second kappa shape index (κ2) is 12.3. The number of amides is 3. The number of carbonyl (C=O) groups is 2. The zero-order chi connectivity index (χ0) is 29.9. The lowest BCUT2D eigenvalue weighted by Crippen LogP contribution is -2.39. The van der Waals surface area contributed by atoms with Gasteiger partial charge in [0.2, 0.25) is 0 Å². The second-order valence-corrected chi connectivity index (χ2v) is 11.6. The van der Waals surface area contributed by atoms with E-state index in [9.17, 15) is 9.59 Å². The Hall–Kier alpha value is -4.61. The first-order valence-corrected chi connectivity index (χ1v) is 15.3. The first-order chi connectivity index (χ1) is 20.9. The van der Waals surface area contributed by atoms with Crippen LogP contribution in [0, 0.1) is 0 Å². The summed E-state index contributed by atoms with van der Waals surface area (Å²) in [6.45, 7) is 3.60. The minimum atomic E-state index is -0.271. The quantitative estimate of drug-likeness (QED) is 0.176. The lowest BCUT2D eigenvalue weighted by Gasteiger charge is -2.26. The third kappa shape index (κ3) is 5.86. The molecule has 43 heavy (non-hydrogen) atoms. The average Bonchev–Trinajstić information content (AvgIpc) is 3.62. The molecule has 0 radical (unpaired) electrons. The predicted octanol–water partition coefficient (Wildman–Crippen LogP) is 5.91. The standard InChI is InChI=1S/C32H35N7O3S/c1-38-25-9-5-4-8-21(25)16-26(38)31(40)36-23-11-10-20(17-27(23)42-2)22-19-43-29-24(18-35-30(33)28(22)29)37-32(41)34-12-15-39-13-6-3-7-14-39/h4-5,8-11,16-19H,3,6-7,12-15H2,1-2H3,(H2,33,35)(H,36,40)(H2,34,37,41). The number of benzene rings is 2. The van der Waals surface area contributed by atoms with E-state index in [0.29, 0.717) is 35.2 Å². The molecule has 4 heterocycles. The van der Waals surface area contributed by atoms with Gasteiger partial charge in [0.15, 0.2) is 0 Å². The number of aryl methyl sites for hydroxylation is 1. The summed E-state index contributed by atoms with van der Waals surface area (Å²) in [5.41, 5.74) is 10.7. The summed E-state index contributed by atoms with van der Waals surface area (Å²) >= 11 is 1.48. The average molecular weight is 598 g/mol. The van der Waals surface area contributed by atoms with Crippen LogP contribution in [0.15, 0.2) is 60.1 Å². The van der Waals surface area contributed by atoms with E-state index >= 15 is 0 Å². The monoisotopic (exact) mass is 597 g/mol. The Labute approximate surface area is 253 Å². The van der Waals surface area contributed by atoms with Crippen molar-refractivity contribution in [3.05, 3.63) is 65.8 Å². The minimum absolute atomic E-state index is 0.232. The van der Waals surface area contributed by atoms with Gasteiger partial charge in [-0.3, -0.25) is 4.79 Å². The zero-order valence-corrected chi connectivity index (χ0v) is 25.1. The van der Waals surface area contributed by atoms with Crippen LogP contribution >= 0.6 is 11.3 Å². The van der Waals surface area contributed by atoms with Crippen LogP contribution in [0.4, 0.5) is 22.0 Å². The van der Waals surface area contributed by atoms with Gasteiger partial charge in [0.05, 0.1) is 29.4 Å². The molecule has 2 aromatic carbocycles. The molecule has 10 nitrogen and oxygen atoms in total. The Morgan fingerprint density at radius 3 is 2.65 bits per heavy atom. The highest BCUT2D eigenvalue weighted by Crippen LogP contribution is 2.42. The highest BCUT2D eigenvalue weighted by molar-refractivity contribution is 7.18. The van der Waals surface area contributed by atoms with Crippen molar-refractivity contribution in [3.63, 3.8) is 0 Å². The molecular weight excluding hydrogens is 562 g/mol. The summed E-state index contributed by atoms with van der Waals surface area (Å²) in [5.74, 6) is 0.649. The summed E-state index contributed by atoms with van der Waals surface area (Å²) in [6.07, 6.45) is 5.31. The van der Waals surface area contributed by atoms with E-state index in [0.717, 1.165) is 51.8 Å². The number of fused-ring (bicyclic) bond motifs is 2. The number of likely N-dealkylation sites (tertiary alicyclic amines) is 1. The zero-order valence-electron chi connectivity index (χ0n) is 24.3. The number of anilines is 3. The van der Waals surface area contributed by atoms with Gasteiger partial charge in [-0.05, 0) is 55.8 Å². The lowest BCUT2D eigenvalue weighted by atomic mass is 10.0. The van der Waals surface area contributed by atoms with E-state index in [1.165, 1.54) is 30.6 Å². The number of nitrogens with zero attached hydrogens (tertiary/aromatic N) is 3. The van der Waals surface area contributed by atoms with Crippen molar-refractivity contribution in [3.8, 4) is 16.9 Å². The molecule has 1 saturated heterocycles. The van der Waals surface area contributed by atoms with E-state index in [4.69, 9.17) is 10.5 Å². The van der Waals surface area contributed by atoms with Gasteiger partial charge in [-0.1, -0.05) is 30.7 Å². The molecule has 0 unspecified atom stereocenters.